The number of carbonyl (C=O) groups excluding carboxylic acids is 1. The van der Waals surface area contributed by atoms with E-state index in [1.807, 2.05) is 30.5 Å². The largest absolute Gasteiger partial charge is 0.383 e. The van der Waals surface area contributed by atoms with Crippen molar-refractivity contribution in [3.05, 3.63) is 64.7 Å². The van der Waals surface area contributed by atoms with Crippen LogP contribution in [0.2, 0.25) is 5.02 Å². The highest BCUT2D eigenvalue weighted by atomic mass is 35.5. The zero-order valence-electron chi connectivity index (χ0n) is 17.3. The number of nitrogens with two attached hydrogens (primary N) is 1. The van der Waals surface area contributed by atoms with Gasteiger partial charge in [0.2, 0.25) is 11.9 Å². The number of nitrogens with zero attached hydrogens (tertiary/aromatic N) is 4. The van der Waals surface area contributed by atoms with Gasteiger partial charge in [0.25, 0.3) is 0 Å². The fourth-order valence-corrected chi connectivity index (χ4v) is 3.92. The van der Waals surface area contributed by atoms with E-state index in [1.54, 1.807) is 24.2 Å². The topological polar surface area (TPSA) is 108 Å². The molecule has 0 spiro atoms. The fourth-order valence-electron chi connectivity index (χ4n) is 3.73. The summed E-state index contributed by atoms with van der Waals surface area (Å²) in [5, 5.41) is 7.94. The number of hydrogen-bond acceptors (Lipinski definition) is 6. The molecule has 1 fully saturated rings. The van der Waals surface area contributed by atoms with Crippen LogP contribution in [0.4, 0.5) is 11.6 Å². The third-order valence-electron chi connectivity index (χ3n) is 5.62. The molecule has 3 aromatic rings. The molecule has 0 aliphatic heterocycles. The van der Waals surface area contributed by atoms with Gasteiger partial charge in [-0.3, -0.25) is 9.48 Å². The number of ether oxygens (including phenoxy) is 1. The first-order valence-corrected chi connectivity index (χ1v) is 10.6. The maximum Gasteiger partial charge on any atom is 0.228 e. The summed E-state index contributed by atoms with van der Waals surface area (Å²) < 4.78 is 6.85. The average molecular weight is 441 g/mol. The van der Waals surface area contributed by atoms with E-state index < -0.39 is 5.41 Å². The summed E-state index contributed by atoms with van der Waals surface area (Å²) in [5.74, 6) is 0.201. The van der Waals surface area contributed by atoms with Gasteiger partial charge >= 0.3 is 0 Å². The highest BCUT2D eigenvalue weighted by molar-refractivity contribution is 6.31. The molecule has 1 aliphatic rings. The van der Waals surface area contributed by atoms with Crippen LogP contribution in [0, 0.1) is 0 Å². The van der Waals surface area contributed by atoms with E-state index in [4.69, 9.17) is 22.1 Å². The number of amides is 1. The Balaban J connectivity index is 1.47. The number of primary amides is 1. The van der Waals surface area contributed by atoms with Crippen LogP contribution in [-0.2, 0) is 34.3 Å². The summed E-state index contributed by atoms with van der Waals surface area (Å²) in [6.07, 6.45) is 8.11. The van der Waals surface area contributed by atoms with Crippen LogP contribution in [0.5, 0.6) is 0 Å². The smallest absolute Gasteiger partial charge is 0.228 e. The number of methoxy groups -OCH3 is 1. The van der Waals surface area contributed by atoms with Crippen LogP contribution < -0.4 is 11.1 Å². The Kier molecular flexibility index (Phi) is 6.20. The van der Waals surface area contributed by atoms with E-state index in [0.29, 0.717) is 37.0 Å². The molecule has 2 heterocycles. The predicted molar refractivity (Wildman–Crippen MR) is 118 cm³/mol. The first kappa shape index (κ1) is 21.3. The Morgan fingerprint density at radius 1 is 1.29 bits per heavy atom. The lowest BCUT2D eigenvalue weighted by atomic mass is 9.88. The normalized spacial score (nSPS) is 14.4. The number of aromatic nitrogens is 4. The number of nitrogens with one attached hydrogen (secondary N) is 1. The molecule has 1 aromatic carbocycles. The van der Waals surface area contributed by atoms with Crippen molar-refractivity contribution in [2.75, 3.05) is 19.0 Å². The van der Waals surface area contributed by atoms with Crippen LogP contribution in [0.25, 0.3) is 0 Å². The summed E-state index contributed by atoms with van der Waals surface area (Å²) in [6.45, 7) is 1.25. The second kappa shape index (κ2) is 9.03. The fraction of sp³-hybridized carbons (Fsp3) is 0.364. The van der Waals surface area contributed by atoms with Crippen molar-refractivity contribution in [3.8, 4) is 0 Å². The summed E-state index contributed by atoms with van der Waals surface area (Å²) in [4.78, 5) is 20.9. The van der Waals surface area contributed by atoms with Gasteiger partial charge in [0.15, 0.2) is 0 Å². The Hall–Kier alpha value is -2.97. The second-order valence-electron chi connectivity index (χ2n) is 7.70. The molecular weight excluding hydrogens is 416 g/mol. The summed E-state index contributed by atoms with van der Waals surface area (Å²) in [7, 11) is 1.66. The molecule has 1 amide bonds. The summed E-state index contributed by atoms with van der Waals surface area (Å²) in [5.41, 5.74) is 8.82. The second-order valence-corrected chi connectivity index (χ2v) is 8.11. The molecule has 2 aromatic heterocycles. The van der Waals surface area contributed by atoms with Gasteiger partial charge in [-0.2, -0.15) is 5.10 Å². The Morgan fingerprint density at radius 3 is 2.84 bits per heavy atom. The number of benzene rings is 1. The van der Waals surface area contributed by atoms with Gasteiger partial charge < -0.3 is 15.8 Å². The quantitative estimate of drug-likeness (QED) is 0.501. The third-order valence-corrected chi connectivity index (χ3v) is 5.93. The average Bonchev–Trinajstić information content (AvgIpc) is 3.47. The van der Waals surface area contributed by atoms with Gasteiger partial charge in [0, 0.05) is 13.3 Å². The molecule has 0 unspecified atom stereocenters. The van der Waals surface area contributed by atoms with Crippen molar-refractivity contribution in [2.45, 2.75) is 37.6 Å². The van der Waals surface area contributed by atoms with Crippen molar-refractivity contribution in [2.24, 2.45) is 5.73 Å². The SMILES string of the molecule is COCCn1cc(Nc2ncc(Cl)c(CCc3ccccc3C3(C(N)=O)CC3)n2)cn1. The maximum atomic E-state index is 12.0. The molecule has 31 heavy (non-hydrogen) atoms. The Labute approximate surface area is 185 Å². The van der Waals surface area contributed by atoms with Crippen molar-refractivity contribution in [1.29, 1.82) is 0 Å². The van der Waals surface area contributed by atoms with Gasteiger partial charge in [-0.25, -0.2) is 9.97 Å². The van der Waals surface area contributed by atoms with Crippen LogP contribution in [-0.4, -0.2) is 39.4 Å². The third kappa shape index (κ3) is 4.70. The highest BCUT2D eigenvalue weighted by Gasteiger charge is 2.50. The van der Waals surface area contributed by atoms with Gasteiger partial charge in [-0.05, 0) is 36.8 Å². The molecule has 0 radical (unpaired) electrons. The summed E-state index contributed by atoms with van der Waals surface area (Å²) >= 11 is 6.36. The van der Waals surface area contributed by atoms with Crippen molar-refractivity contribution < 1.29 is 9.53 Å². The molecule has 1 aliphatic carbocycles. The van der Waals surface area contributed by atoms with E-state index in [-0.39, 0.29) is 5.91 Å². The van der Waals surface area contributed by atoms with E-state index >= 15 is 0 Å². The molecule has 8 nitrogen and oxygen atoms in total. The molecule has 1 saturated carbocycles. The van der Waals surface area contributed by atoms with E-state index in [0.717, 1.165) is 35.3 Å². The minimum atomic E-state index is -0.512. The van der Waals surface area contributed by atoms with Crippen LogP contribution in [0.3, 0.4) is 0 Å². The molecule has 4 rings (SSSR count). The molecule has 9 heteroatoms. The highest BCUT2D eigenvalue weighted by Crippen LogP contribution is 2.49. The van der Waals surface area contributed by atoms with Crippen LogP contribution in [0.1, 0.15) is 29.7 Å². The molecule has 0 bridgehead atoms. The number of aryl methyl sites for hydroxylation is 2. The van der Waals surface area contributed by atoms with Gasteiger partial charge in [-0.15, -0.1) is 0 Å². The van der Waals surface area contributed by atoms with Crippen LogP contribution in [0.15, 0.2) is 42.9 Å². The summed E-state index contributed by atoms with van der Waals surface area (Å²) in [6, 6.07) is 7.98. The van der Waals surface area contributed by atoms with Crippen molar-refractivity contribution in [3.63, 3.8) is 0 Å². The Bertz CT molecular complexity index is 1080. The molecular formula is C22H25ClN6O2. The molecule has 162 valence electrons. The van der Waals surface area contributed by atoms with E-state index in [1.165, 1.54) is 0 Å². The minimum absolute atomic E-state index is 0.252. The van der Waals surface area contributed by atoms with E-state index in [2.05, 4.69) is 20.4 Å². The zero-order chi connectivity index (χ0) is 21.8. The van der Waals surface area contributed by atoms with Gasteiger partial charge in [0.05, 0.1) is 47.4 Å². The van der Waals surface area contributed by atoms with Crippen LogP contribution >= 0.6 is 11.6 Å². The number of hydrogen-bond donors (Lipinski definition) is 2. The van der Waals surface area contributed by atoms with E-state index in [9.17, 15) is 4.79 Å². The van der Waals surface area contributed by atoms with Crippen molar-refractivity contribution in [1.82, 2.24) is 19.7 Å². The first-order valence-electron chi connectivity index (χ1n) is 10.2. The number of rotatable bonds is 10. The maximum absolute atomic E-state index is 12.0. The zero-order valence-corrected chi connectivity index (χ0v) is 18.1. The lowest BCUT2D eigenvalue weighted by molar-refractivity contribution is -0.120. The number of carbonyl (C=O) groups is 1. The lowest BCUT2D eigenvalue weighted by Crippen LogP contribution is -2.29. The minimum Gasteiger partial charge on any atom is -0.383 e. The monoisotopic (exact) mass is 440 g/mol. The molecule has 3 N–H and O–H groups in total. The van der Waals surface area contributed by atoms with Gasteiger partial charge in [-0.1, -0.05) is 35.9 Å². The number of halogens is 1. The number of anilines is 2. The Morgan fingerprint density at radius 2 is 2.10 bits per heavy atom. The predicted octanol–water partition coefficient (Wildman–Crippen LogP) is 3.02. The molecule has 0 atom stereocenters. The standard InChI is InChI=1S/C22H25ClN6O2/c1-31-11-10-29-14-16(12-26-29)27-21-25-13-18(23)19(28-21)7-6-15-4-2-3-5-17(15)22(8-9-22)20(24)30/h2-5,12-14H,6-11H2,1H3,(H2,24,30)(H,25,27,28). The first-order chi connectivity index (χ1) is 15.0. The molecule has 0 saturated heterocycles. The van der Waals surface area contributed by atoms with Gasteiger partial charge in [0.1, 0.15) is 0 Å². The lowest BCUT2D eigenvalue weighted by Gasteiger charge is -2.16. The van der Waals surface area contributed by atoms with Crippen molar-refractivity contribution >= 4 is 29.1 Å².